The van der Waals surface area contributed by atoms with Gasteiger partial charge in [-0.15, -0.1) is 22.9 Å². The van der Waals surface area contributed by atoms with Crippen LogP contribution in [0, 0.1) is 17.3 Å². The standard InChI is InChI=1S/C22H25ClN2OS/c1-2-14-3-5-17(6-4-14)18-12-27-20(24-18)25-19(26)21-8-15-7-16(9-21)11-22(23,10-15)13-21/h3-6,12,15-16H,2,7-11,13H2,1H3,(H,24,25,26)/t15-,16+,21?,22?. The van der Waals surface area contributed by atoms with Crippen molar-refractivity contribution < 1.29 is 4.79 Å². The van der Waals surface area contributed by atoms with Crippen molar-refractivity contribution in [2.75, 3.05) is 5.32 Å². The summed E-state index contributed by atoms with van der Waals surface area (Å²) in [5, 5.41) is 5.87. The molecule has 4 saturated carbocycles. The van der Waals surface area contributed by atoms with Gasteiger partial charge in [0.25, 0.3) is 0 Å². The van der Waals surface area contributed by atoms with Crippen LogP contribution in [-0.4, -0.2) is 15.8 Å². The van der Waals surface area contributed by atoms with E-state index in [9.17, 15) is 4.79 Å². The van der Waals surface area contributed by atoms with Crippen LogP contribution in [0.5, 0.6) is 0 Å². The van der Waals surface area contributed by atoms with E-state index in [1.54, 1.807) is 0 Å². The van der Waals surface area contributed by atoms with Crippen molar-refractivity contribution in [3.05, 3.63) is 35.2 Å². The smallest absolute Gasteiger partial charge is 0.232 e. The molecule has 0 radical (unpaired) electrons. The SMILES string of the molecule is CCc1ccc(-c2csc(NC(=O)C34C[C@@H]5C[C@@H](CC(Cl)(C5)C3)C4)n2)cc1. The molecular formula is C22H25ClN2OS. The Bertz CT molecular complexity index is 861. The predicted octanol–water partition coefficient (Wildman–Crippen LogP) is 5.89. The number of anilines is 1. The zero-order chi connectivity index (χ0) is 18.6. The minimum Gasteiger partial charge on any atom is -0.301 e. The van der Waals surface area contributed by atoms with E-state index >= 15 is 0 Å². The Morgan fingerprint density at radius 1 is 1.22 bits per heavy atom. The summed E-state index contributed by atoms with van der Waals surface area (Å²) < 4.78 is 0. The maximum Gasteiger partial charge on any atom is 0.232 e. The first kappa shape index (κ1) is 17.7. The highest BCUT2D eigenvalue weighted by Crippen LogP contribution is 2.64. The van der Waals surface area contributed by atoms with Crippen LogP contribution >= 0.6 is 22.9 Å². The van der Waals surface area contributed by atoms with Crippen molar-refractivity contribution in [1.82, 2.24) is 4.98 Å². The Hall–Kier alpha value is -1.39. The summed E-state index contributed by atoms with van der Waals surface area (Å²) in [6.07, 6.45) is 7.31. The highest BCUT2D eigenvalue weighted by molar-refractivity contribution is 7.14. The van der Waals surface area contributed by atoms with Gasteiger partial charge in [0.15, 0.2) is 5.13 Å². The Morgan fingerprint density at radius 3 is 2.56 bits per heavy atom. The van der Waals surface area contributed by atoms with Crippen molar-refractivity contribution in [3.63, 3.8) is 0 Å². The third kappa shape index (κ3) is 3.11. The number of hydrogen-bond acceptors (Lipinski definition) is 3. The quantitative estimate of drug-likeness (QED) is 0.650. The molecule has 142 valence electrons. The van der Waals surface area contributed by atoms with E-state index in [2.05, 4.69) is 41.5 Å². The summed E-state index contributed by atoms with van der Waals surface area (Å²) in [5.41, 5.74) is 3.07. The number of nitrogens with zero attached hydrogens (tertiary/aromatic N) is 1. The summed E-state index contributed by atoms with van der Waals surface area (Å²) in [6, 6.07) is 8.50. The maximum atomic E-state index is 13.2. The molecule has 0 spiro atoms. The van der Waals surface area contributed by atoms with Crippen LogP contribution in [0.3, 0.4) is 0 Å². The first-order valence-electron chi connectivity index (χ1n) is 10.0. The summed E-state index contributed by atoms with van der Waals surface area (Å²) in [6.45, 7) is 2.15. The van der Waals surface area contributed by atoms with E-state index in [-0.39, 0.29) is 16.2 Å². The molecule has 1 aromatic heterocycles. The maximum absolute atomic E-state index is 13.2. The zero-order valence-electron chi connectivity index (χ0n) is 15.6. The summed E-state index contributed by atoms with van der Waals surface area (Å²) in [5.74, 6) is 1.39. The topological polar surface area (TPSA) is 42.0 Å². The highest BCUT2D eigenvalue weighted by Gasteiger charge is 2.60. The molecule has 4 aliphatic carbocycles. The van der Waals surface area contributed by atoms with E-state index in [0.717, 1.165) is 49.8 Å². The molecule has 4 atom stereocenters. The molecule has 3 nitrogen and oxygen atoms in total. The summed E-state index contributed by atoms with van der Waals surface area (Å²) in [7, 11) is 0. The average molecular weight is 401 g/mol. The number of benzene rings is 1. The molecule has 5 heteroatoms. The van der Waals surface area contributed by atoms with Gasteiger partial charge in [0.1, 0.15) is 0 Å². The fourth-order valence-corrected chi connectivity index (χ4v) is 7.43. The number of aromatic nitrogens is 1. The molecule has 2 aromatic rings. The molecule has 1 heterocycles. The van der Waals surface area contributed by atoms with Crippen molar-refractivity contribution in [1.29, 1.82) is 0 Å². The molecule has 4 fully saturated rings. The minimum absolute atomic E-state index is 0.142. The van der Waals surface area contributed by atoms with Gasteiger partial charge >= 0.3 is 0 Å². The molecule has 6 rings (SSSR count). The van der Waals surface area contributed by atoms with E-state index in [1.807, 2.05) is 5.38 Å². The van der Waals surface area contributed by atoms with Crippen molar-refractivity contribution in [2.45, 2.75) is 56.7 Å². The largest absolute Gasteiger partial charge is 0.301 e. The number of aryl methyl sites for hydroxylation is 1. The lowest BCUT2D eigenvalue weighted by Crippen LogP contribution is -2.57. The second-order valence-electron chi connectivity index (χ2n) is 8.93. The van der Waals surface area contributed by atoms with Gasteiger partial charge in [0.05, 0.1) is 11.1 Å². The molecule has 1 amide bonds. The van der Waals surface area contributed by atoms with Crippen LogP contribution in [0.15, 0.2) is 29.6 Å². The van der Waals surface area contributed by atoms with Gasteiger partial charge < -0.3 is 5.32 Å². The Balaban J connectivity index is 1.34. The Morgan fingerprint density at radius 2 is 1.93 bits per heavy atom. The normalized spacial score (nSPS) is 34.0. The molecule has 0 aliphatic heterocycles. The second-order valence-corrected chi connectivity index (χ2v) is 10.6. The molecule has 1 N–H and O–H groups in total. The number of halogens is 1. The van der Waals surface area contributed by atoms with Gasteiger partial charge in [-0.1, -0.05) is 31.2 Å². The molecule has 4 aliphatic rings. The first-order valence-corrected chi connectivity index (χ1v) is 11.3. The lowest BCUT2D eigenvalue weighted by molar-refractivity contribution is -0.138. The minimum atomic E-state index is -0.277. The van der Waals surface area contributed by atoms with Gasteiger partial charge in [-0.05, 0) is 62.3 Å². The molecule has 0 saturated heterocycles. The summed E-state index contributed by atoms with van der Waals surface area (Å²) in [4.78, 5) is 17.8. The lowest BCUT2D eigenvalue weighted by atomic mass is 9.49. The van der Waals surface area contributed by atoms with Gasteiger partial charge in [-0.25, -0.2) is 4.98 Å². The lowest BCUT2D eigenvalue weighted by Gasteiger charge is -2.59. The number of alkyl halides is 1. The van der Waals surface area contributed by atoms with Crippen molar-refractivity contribution in [2.24, 2.45) is 17.3 Å². The molecule has 2 unspecified atom stereocenters. The Labute approximate surface area is 169 Å². The van der Waals surface area contributed by atoms with Crippen LogP contribution in [0.4, 0.5) is 5.13 Å². The molecular weight excluding hydrogens is 376 g/mol. The van der Waals surface area contributed by atoms with Crippen LogP contribution in [0.25, 0.3) is 11.3 Å². The fourth-order valence-electron chi connectivity index (χ4n) is 6.02. The number of hydrogen-bond donors (Lipinski definition) is 1. The van der Waals surface area contributed by atoms with Gasteiger partial charge in [-0.3, -0.25) is 4.79 Å². The summed E-state index contributed by atoms with van der Waals surface area (Å²) >= 11 is 8.39. The van der Waals surface area contributed by atoms with Crippen molar-refractivity contribution in [3.8, 4) is 11.3 Å². The highest BCUT2D eigenvalue weighted by atomic mass is 35.5. The predicted molar refractivity (Wildman–Crippen MR) is 111 cm³/mol. The Kier molecular flexibility index (Phi) is 4.14. The molecule has 4 bridgehead atoms. The average Bonchev–Trinajstić information content (AvgIpc) is 3.08. The van der Waals surface area contributed by atoms with Crippen molar-refractivity contribution >= 4 is 34.0 Å². The number of rotatable bonds is 4. The van der Waals surface area contributed by atoms with E-state index in [0.29, 0.717) is 17.0 Å². The third-order valence-electron chi connectivity index (χ3n) is 6.85. The fraction of sp³-hybridized carbons (Fsp3) is 0.545. The van der Waals surface area contributed by atoms with Gasteiger partial charge in [-0.2, -0.15) is 0 Å². The number of carbonyl (C=O) groups is 1. The van der Waals surface area contributed by atoms with E-state index in [4.69, 9.17) is 11.6 Å². The van der Waals surface area contributed by atoms with Gasteiger partial charge in [0.2, 0.25) is 5.91 Å². The molecule has 1 aromatic carbocycles. The second kappa shape index (κ2) is 6.31. The first-order chi connectivity index (χ1) is 13.0. The number of nitrogens with one attached hydrogen (secondary N) is 1. The van der Waals surface area contributed by atoms with Gasteiger partial charge in [0, 0.05) is 15.8 Å². The third-order valence-corrected chi connectivity index (χ3v) is 8.05. The molecule has 27 heavy (non-hydrogen) atoms. The van der Waals surface area contributed by atoms with Crippen LogP contribution in [0.1, 0.15) is 51.0 Å². The van der Waals surface area contributed by atoms with Crippen LogP contribution < -0.4 is 5.32 Å². The van der Waals surface area contributed by atoms with E-state index in [1.165, 1.54) is 23.3 Å². The van der Waals surface area contributed by atoms with Crippen LogP contribution in [0.2, 0.25) is 0 Å². The monoisotopic (exact) mass is 400 g/mol. The number of thiazole rings is 1. The zero-order valence-corrected chi connectivity index (χ0v) is 17.2. The van der Waals surface area contributed by atoms with Crippen LogP contribution in [-0.2, 0) is 11.2 Å². The van der Waals surface area contributed by atoms with E-state index < -0.39 is 0 Å². The number of carbonyl (C=O) groups excluding carboxylic acids is 1. The number of amides is 1.